The van der Waals surface area contributed by atoms with Gasteiger partial charge < -0.3 is 5.32 Å². The summed E-state index contributed by atoms with van der Waals surface area (Å²) >= 11 is 0. The summed E-state index contributed by atoms with van der Waals surface area (Å²) in [4.78, 5) is 23.6. The second-order valence-electron chi connectivity index (χ2n) is 5.18. The minimum absolute atomic E-state index is 0.267. The number of hydrogen-bond donors (Lipinski definition) is 1. The smallest absolute Gasteiger partial charge is 0.267 e. The first kappa shape index (κ1) is 14.4. The predicted octanol–water partition coefficient (Wildman–Crippen LogP) is 2.04. The van der Waals surface area contributed by atoms with Crippen LogP contribution in [0.5, 0.6) is 0 Å². The number of hydrogen-bond acceptors (Lipinski definition) is 3. The summed E-state index contributed by atoms with van der Waals surface area (Å²) < 4.78 is 27.6. The average Bonchev–Trinajstić information content (AvgIpc) is 3.31. The molecule has 0 unspecified atom stereocenters. The minimum Gasteiger partial charge on any atom is -0.322 e. The lowest BCUT2D eigenvalue weighted by molar-refractivity contribution is -0.117. The number of nitrogens with zero attached hydrogens (tertiary/aromatic N) is 2. The molecule has 114 valence electrons. The SMILES string of the molecule is O=C(Cn1nc(C2CC2)ccc1=O)Nc1cccc(F)c1F. The molecule has 5 nitrogen and oxygen atoms in total. The van der Waals surface area contributed by atoms with E-state index in [1.807, 2.05) is 0 Å². The highest BCUT2D eigenvalue weighted by atomic mass is 19.2. The Hall–Kier alpha value is -2.57. The van der Waals surface area contributed by atoms with Gasteiger partial charge in [0.2, 0.25) is 5.91 Å². The Labute approximate surface area is 124 Å². The summed E-state index contributed by atoms with van der Waals surface area (Å²) in [6.45, 7) is -0.352. The van der Waals surface area contributed by atoms with Gasteiger partial charge in [0.05, 0.1) is 11.4 Å². The van der Waals surface area contributed by atoms with Gasteiger partial charge >= 0.3 is 0 Å². The van der Waals surface area contributed by atoms with E-state index in [4.69, 9.17) is 0 Å². The molecule has 3 rings (SSSR count). The summed E-state index contributed by atoms with van der Waals surface area (Å²) in [5, 5.41) is 6.37. The van der Waals surface area contributed by atoms with Gasteiger partial charge in [0.25, 0.3) is 5.56 Å². The van der Waals surface area contributed by atoms with Gasteiger partial charge in [0.15, 0.2) is 11.6 Å². The molecule has 1 aromatic heterocycles. The molecule has 0 bridgehead atoms. The highest BCUT2D eigenvalue weighted by molar-refractivity contribution is 5.90. The van der Waals surface area contributed by atoms with Crippen molar-refractivity contribution in [2.24, 2.45) is 0 Å². The summed E-state index contributed by atoms with van der Waals surface area (Å²) in [6, 6.07) is 6.49. The van der Waals surface area contributed by atoms with E-state index in [9.17, 15) is 18.4 Å². The molecule has 0 spiro atoms. The minimum atomic E-state index is -1.14. The van der Waals surface area contributed by atoms with E-state index in [-0.39, 0.29) is 12.2 Å². The number of amides is 1. The maximum atomic E-state index is 13.5. The zero-order chi connectivity index (χ0) is 15.7. The van der Waals surface area contributed by atoms with Crippen LogP contribution in [0.15, 0.2) is 35.1 Å². The molecule has 22 heavy (non-hydrogen) atoms. The zero-order valence-electron chi connectivity index (χ0n) is 11.6. The second-order valence-corrected chi connectivity index (χ2v) is 5.18. The standard InChI is InChI=1S/C15H13F2N3O2/c16-10-2-1-3-12(15(10)17)18-13(21)8-20-14(22)7-6-11(19-20)9-4-5-9/h1-3,6-7,9H,4-5,8H2,(H,18,21). The third kappa shape index (κ3) is 3.03. The quantitative estimate of drug-likeness (QED) is 0.940. The van der Waals surface area contributed by atoms with Gasteiger partial charge in [0, 0.05) is 12.0 Å². The fourth-order valence-electron chi connectivity index (χ4n) is 2.10. The number of carbonyl (C=O) groups excluding carboxylic acids is 1. The van der Waals surface area contributed by atoms with Crippen molar-refractivity contribution in [2.75, 3.05) is 5.32 Å². The van der Waals surface area contributed by atoms with Crippen LogP contribution in [0.1, 0.15) is 24.5 Å². The van der Waals surface area contributed by atoms with Gasteiger partial charge in [-0.3, -0.25) is 9.59 Å². The number of halogens is 2. The van der Waals surface area contributed by atoms with Gasteiger partial charge in [-0.1, -0.05) is 6.07 Å². The molecule has 1 fully saturated rings. The van der Waals surface area contributed by atoms with E-state index in [1.54, 1.807) is 6.07 Å². The summed E-state index contributed by atoms with van der Waals surface area (Å²) in [5.74, 6) is -2.49. The van der Waals surface area contributed by atoms with Crippen LogP contribution in [-0.2, 0) is 11.3 Å². The van der Waals surface area contributed by atoms with E-state index in [2.05, 4.69) is 10.4 Å². The lowest BCUT2D eigenvalue weighted by atomic mass is 10.3. The highest BCUT2D eigenvalue weighted by Gasteiger charge is 2.25. The molecule has 1 heterocycles. The molecule has 0 radical (unpaired) electrons. The summed E-state index contributed by atoms with van der Waals surface area (Å²) in [5.41, 5.74) is 0.0833. The number of nitrogens with one attached hydrogen (secondary N) is 1. The second kappa shape index (κ2) is 5.67. The molecular formula is C15H13F2N3O2. The molecule has 0 atom stereocenters. The number of rotatable bonds is 4. The first-order chi connectivity index (χ1) is 10.5. The van der Waals surface area contributed by atoms with E-state index < -0.39 is 23.1 Å². The monoisotopic (exact) mass is 305 g/mol. The zero-order valence-corrected chi connectivity index (χ0v) is 11.6. The Kier molecular flexibility index (Phi) is 3.70. The van der Waals surface area contributed by atoms with Crippen molar-refractivity contribution in [3.05, 3.63) is 58.0 Å². The number of aromatic nitrogens is 2. The molecule has 1 amide bonds. The van der Waals surface area contributed by atoms with Crippen molar-refractivity contribution >= 4 is 11.6 Å². The molecule has 0 aliphatic heterocycles. The van der Waals surface area contributed by atoms with Gasteiger partial charge in [-0.05, 0) is 31.0 Å². The Morgan fingerprint density at radius 3 is 2.77 bits per heavy atom. The van der Waals surface area contributed by atoms with Gasteiger partial charge in [-0.15, -0.1) is 0 Å². The van der Waals surface area contributed by atoms with Crippen LogP contribution in [0, 0.1) is 11.6 Å². The van der Waals surface area contributed by atoms with Crippen LogP contribution in [0.4, 0.5) is 14.5 Å². The van der Waals surface area contributed by atoms with Crippen molar-refractivity contribution in [3.63, 3.8) is 0 Å². The van der Waals surface area contributed by atoms with E-state index >= 15 is 0 Å². The van der Waals surface area contributed by atoms with Crippen LogP contribution in [0.2, 0.25) is 0 Å². The molecular weight excluding hydrogens is 292 g/mol. The molecule has 0 saturated heterocycles. The Morgan fingerprint density at radius 1 is 1.27 bits per heavy atom. The number of anilines is 1. The summed E-state index contributed by atoms with van der Waals surface area (Å²) in [7, 11) is 0. The normalized spacial score (nSPS) is 13.9. The van der Waals surface area contributed by atoms with Crippen LogP contribution < -0.4 is 10.9 Å². The summed E-state index contributed by atoms with van der Waals surface area (Å²) in [6.07, 6.45) is 2.04. The number of carbonyl (C=O) groups is 1. The molecule has 2 aromatic rings. The van der Waals surface area contributed by atoms with E-state index in [0.29, 0.717) is 5.92 Å². The van der Waals surface area contributed by atoms with E-state index in [0.717, 1.165) is 29.3 Å². The van der Waals surface area contributed by atoms with Crippen molar-refractivity contribution in [3.8, 4) is 0 Å². The predicted molar refractivity (Wildman–Crippen MR) is 75.5 cm³/mol. The van der Waals surface area contributed by atoms with E-state index in [1.165, 1.54) is 18.2 Å². The Bertz CT molecular complexity index is 785. The van der Waals surface area contributed by atoms with Crippen LogP contribution in [0.25, 0.3) is 0 Å². The fraction of sp³-hybridized carbons (Fsp3) is 0.267. The van der Waals surface area contributed by atoms with Crippen molar-refractivity contribution in [1.29, 1.82) is 0 Å². The van der Waals surface area contributed by atoms with Gasteiger partial charge in [0.1, 0.15) is 6.54 Å². The average molecular weight is 305 g/mol. The first-order valence-electron chi connectivity index (χ1n) is 6.86. The third-order valence-electron chi connectivity index (χ3n) is 3.40. The molecule has 1 aromatic carbocycles. The largest absolute Gasteiger partial charge is 0.322 e. The third-order valence-corrected chi connectivity index (χ3v) is 3.40. The van der Waals surface area contributed by atoms with Crippen LogP contribution in [-0.4, -0.2) is 15.7 Å². The molecule has 1 N–H and O–H groups in total. The molecule has 1 aliphatic carbocycles. The van der Waals surface area contributed by atoms with Crippen molar-refractivity contribution in [1.82, 2.24) is 9.78 Å². The number of benzene rings is 1. The molecule has 1 saturated carbocycles. The topological polar surface area (TPSA) is 64.0 Å². The van der Waals surface area contributed by atoms with Crippen LogP contribution >= 0.6 is 0 Å². The Balaban J connectivity index is 1.75. The Morgan fingerprint density at radius 2 is 2.05 bits per heavy atom. The van der Waals surface area contributed by atoms with Crippen molar-refractivity contribution < 1.29 is 13.6 Å². The maximum Gasteiger partial charge on any atom is 0.267 e. The lowest BCUT2D eigenvalue weighted by Gasteiger charge is -2.08. The van der Waals surface area contributed by atoms with Gasteiger partial charge in [-0.2, -0.15) is 5.10 Å². The first-order valence-corrected chi connectivity index (χ1v) is 6.86. The molecule has 7 heteroatoms. The highest BCUT2D eigenvalue weighted by Crippen LogP contribution is 2.38. The lowest BCUT2D eigenvalue weighted by Crippen LogP contribution is -2.30. The maximum absolute atomic E-state index is 13.5. The fourth-order valence-corrected chi connectivity index (χ4v) is 2.10. The van der Waals surface area contributed by atoms with Crippen molar-refractivity contribution in [2.45, 2.75) is 25.3 Å². The van der Waals surface area contributed by atoms with Gasteiger partial charge in [-0.25, -0.2) is 13.5 Å². The molecule has 1 aliphatic rings. The van der Waals surface area contributed by atoms with Crippen LogP contribution in [0.3, 0.4) is 0 Å².